The largest absolute Gasteiger partial charge is 0.480 e. The molecule has 0 aliphatic heterocycles. The SMILES string of the molecule is Cc1ccc(COCc2ccc(C(=O)NC(CCS(C)(=O)=O)C(=O)O)c(-c3ccccc3C)c2)o1. The van der Waals surface area contributed by atoms with Crippen LogP contribution in [0.3, 0.4) is 0 Å². The first kappa shape index (κ1) is 26.2. The minimum absolute atomic E-state index is 0.224. The second-order valence-corrected chi connectivity index (χ2v) is 10.7. The second-order valence-electron chi connectivity index (χ2n) is 8.48. The van der Waals surface area contributed by atoms with Crippen molar-refractivity contribution in [3.8, 4) is 11.1 Å². The molecule has 0 saturated carbocycles. The molecular weight excluding hydrogens is 470 g/mol. The molecule has 0 fully saturated rings. The van der Waals surface area contributed by atoms with Crippen molar-refractivity contribution >= 4 is 21.7 Å². The van der Waals surface area contributed by atoms with Gasteiger partial charge in [-0.2, -0.15) is 0 Å². The third-order valence-electron chi connectivity index (χ3n) is 5.45. The number of aryl methyl sites for hydroxylation is 2. The molecule has 2 N–H and O–H groups in total. The predicted molar refractivity (Wildman–Crippen MR) is 132 cm³/mol. The third kappa shape index (κ3) is 7.53. The summed E-state index contributed by atoms with van der Waals surface area (Å²) in [5, 5.41) is 12.0. The molecule has 2 aromatic carbocycles. The van der Waals surface area contributed by atoms with Gasteiger partial charge in [0.1, 0.15) is 34.0 Å². The number of nitrogens with one attached hydrogen (secondary N) is 1. The number of carboxylic acids is 1. The Morgan fingerprint density at radius 2 is 1.77 bits per heavy atom. The van der Waals surface area contributed by atoms with Crippen LogP contribution in [0.4, 0.5) is 0 Å². The Morgan fingerprint density at radius 1 is 1.03 bits per heavy atom. The Kier molecular flexibility index (Phi) is 8.48. The van der Waals surface area contributed by atoms with E-state index in [1.165, 1.54) is 0 Å². The molecule has 1 atom stereocenters. The number of sulfone groups is 1. The van der Waals surface area contributed by atoms with Gasteiger partial charge in [-0.1, -0.05) is 30.3 Å². The number of ether oxygens (including phenoxy) is 1. The van der Waals surface area contributed by atoms with E-state index in [2.05, 4.69) is 5.32 Å². The van der Waals surface area contributed by atoms with Crippen molar-refractivity contribution in [1.29, 1.82) is 0 Å². The van der Waals surface area contributed by atoms with Crippen LogP contribution >= 0.6 is 0 Å². The standard InChI is InChI=1S/C26H29NO7S/c1-17-6-4-5-7-21(17)23-14-19(15-33-16-20-10-8-18(2)34-20)9-11-22(23)25(28)27-24(26(29)30)12-13-35(3,31)32/h4-11,14,24H,12-13,15-16H2,1-3H3,(H,27,28)(H,29,30). The normalized spacial score (nSPS) is 12.3. The first-order valence-electron chi connectivity index (χ1n) is 11.1. The van der Waals surface area contributed by atoms with E-state index in [-0.39, 0.29) is 24.3 Å². The fourth-order valence-electron chi connectivity index (χ4n) is 3.63. The van der Waals surface area contributed by atoms with Gasteiger partial charge in [-0.25, -0.2) is 13.2 Å². The summed E-state index contributed by atoms with van der Waals surface area (Å²) in [6.45, 7) is 4.37. The van der Waals surface area contributed by atoms with Crippen LogP contribution in [-0.2, 0) is 32.6 Å². The van der Waals surface area contributed by atoms with Gasteiger partial charge in [-0.3, -0.25) is 4.79 Å². The molecule has 0 spiro atoms. The molecule has 0 aliphatic carbocycles. The average molecular weight is 500 g/mol. The first-order chi connectivity index (χ1) is 16.5. The number of carboxylic acid groups (broad SMARTS) is 1. The molecular formula is C26H29NO7S. The van der Waals surface area contributed by atoms with Crippen LogP contribution in [-0.4, -0.2) is 43.5 Å². The lowest BCUT2D eigenvalue weighted by molar-refractivity contribution is -0.139. The summed E-state index contributed by atoms with van der Waals surface area (Å²) in [5.41, 5.74) is 3.51. The molecule has 0 saturated heterocycles. The molecule has 8 nitrogen and oxygen atoms in total. The summed E-state index contributed by atoms with van der Waals surface area (Å²) in [7, 11) is -3.38. The van der Waals surface area contributed by atoms with Gasteiger partial charge in [-0.05, 0) is 66.8 Å². The smallest absolute Gasteiger partial charge is 0.326 e. The molecule has 0 bridgehead atoms. The van der Waals surface area contributed by atoms with Gasteiger partial charge in [0, 0.05) is 11.8 Å². The molecule has 186 valence electrons. The second kappa shape index (κ2) is 11.3. The monoisotopic (exact) mass is 499 g/mol. The number of benzene rings is 2. The number of carbonyl (C=O) groups excluding carboxylic acids is 1. The van der Waals surface area contributed by atoms with Gasteiger partial charge >= 0.3 is 5.97 Å². The lowest BCUT2D eigenvalue weighted by atomic mass is 9.93. The Hall–Kier alpha value is -3.43. The maximum Gasteiger partial charge on any atom is 0.326 e. The van der Waals surface area contributed by atoms with E-state index in [9.17, 15) is 23.1 Å². The molecule has 1 aromatic heterocycles. The quantitative estimate of drug-likeness (QED) is 0.410. The summed E-state index contributed by atoms with van der Waals surface area (Å²) in [6.07, 6.45) is 0.801. The summed E-state index contributed by atoms with van der Waals surface area (Å²) in [4.78, 5) is 24.8. The van der Waals surface area contributed by atoms with Crippen LogP contribution in [0.2, 0.25) is 0 Å². The topological polar surface area (TPSA) is 123 Å². The number of amides is 1. The summed E-state index contributed by atoms with van der Waals surface area (Å²) < 4.78 is 34.3. The maximum atomic E-state index is 13.1. The van der Waals surface area contributed by atoms with Crippen LogP contribution in [0.5, 0.6) is 0 Å². The first-order valence-corrected chi connectivity index (χ1v) is 13.1. The molecule has 3 aromatic rings. The van der Waals surface area contributed by atoms with Crippen LogP contribution in [0.15, 0.2) is 59.0 Å². The van der Waals surface area contributed by atoms with E-state index in [0.717, 1.165) is 28.7 Å². The Morgan fingerprint density at radius 3 is 2.40 bits per heavy atom. The van der Waals surface area contributed by atoms with Crippen LogP contribution in [0, 0.1) is 13.8 Å². The minimum Gasteiger partial charge on any atom is -0.480 e. The number of rotatable bonds is 11. The average Bonchev–Trinajstić information content (AvgIpc) is 3.20. The number of hydrogen-bond donors (Lipinski definition) is 2. The Bertz CT molecular complexity index is 1310. The number of aliphatic carboxylic acids is 1. The van der Waals surface area contributed by atoms with Gasteiger partial charge in [0.05, 0.1) is 12.4 Å². The fraction of sp³-hybridized carbons (Fsp3) is 0.308. The summed E-state index contributed by atoms with van der Waals surface area (Å²) in [5.74, 6) is -0.718. The van der Waals surface area contributed by atoms with Crippen LogP contribution in [0.1, 0.15) is 39.4 Å². The Labute approximate surface area is 204 Å². The highest BCUT2D eigenvalue weighted by atomic mass is 32.2. The van der Waals surface area contributed by atoms with E-state index in [1.807, 2.05) is 56.3 Å². The van der Waals surface area contributed by atoms with E-state index in [4.69, 9.17) is 9.15 Å². The number of carbonyl (C=O) groups is 2. The summed E-state index contributed by atoms with van der Waals surface area (Å²) in [6, 6.07) is 15.2. The molecule has 9 heteroatoms. The third-order valence-corrected chi connectivity index (χ3v) is 6.43. The fourth-order valence-corrected chi connectivity index (χ4v) is 4.30. The summed E-state index contributed by atoms with van der Waals surface area (Å²) >= 11 is 0. The van der Waals surface area contributed by atoms with E-state index in [0.29, 0.717) is 17.9 Å². The van der Waals surface area contributed by atoms with Crippen molar-refractivity contribution < 1.29 is 32.3 Å². The lowest BCUT2D eigenvalue weighted by Crippen LogP contribution is -2.42. The van der Waals surface area contributed by atoms with Gasteiger partial charge in [0.25, 0.3) is 5.91 Å². The van der Waals surface area contributed by atoms with Gasteiger partial charge in [-0.15, -0.1) is 0 Å². The van der Waals surface area contributed by atoms with Gasteiger partial charge in [0.15, 0.2) is 0 Å². The molecule has 0 aliphatic rings. The molecule has 1 unspecified atom stereocenters. The Balaban J connectivity index is 1.85. The predicted octanol–water partition coefficient (Wildman–Crippen LogP) is 3.90. The van der Waals surface area contributed by atoms with E-state index >= 15 is 0 Å². The molecule has 0 radical (unpaired) electrons. The highest BCUT2D eigenvalue weighted by molar-refractivity contribution is 7.90. The minimum atomic E-state index is -3.38. The van der Waals surface area contributed by atoms with Crippen molar-refractivity contribution in [3.05, 3.63) is 82.8 Å². The number of furan rings is 1. The zero-order chi connectivity index (χ0) is 25.6. The van der Waals surface area contributed by atoms with Gasteiger partial charge < -0.3 is 19.6 Å². The highest BCUT2D eigenvalue weighted by Gasteiger charge is 2.24. The van der Waals surface area contributed by atoms with E-state index in [1.54, 1.807) is 12.1 Å². The molecule has 1 amide bonds. The maximum absolute atomic E-state index is 13.1. The van der Waals surface area contributed by atoms with Crippen molar-refractivity contribution in [3.63, 3.8) is 0 Å². The zero-order valence-corrected chi connectivity index (χ0v) is 20.7. The highest BCUT2D eigenvalue weighted by Crippen LogP contribution is 2.29. The van der Waals surface area contributed by atoms with Gasteiger partial charge in [0.2, 0.25) is 0 Å². The molecule has 35 heavy (non-hydrogen) atoms. The molecule has 3 rings (SSSR count). The van der Waals surface area contributed by atoms with Crippen molar-refractivity contribution in [1.82, 2.24) is 5.32 Å². The van der Waals surface area contributed by atoms with Crippen molar-refractivity contribution in [2.45, 2.75) is 39.5 Å². The zero-order valence-electron chi connectivity index (χ0n) is 19.9. The van der Waals surface area contributed by atoms with Crippen LogP contribution < -0.4 is 5.32 Å². The van der Waals surface area contributed by atoms with Crippen molar-refractivity contribution in [2.75, 3.05) is 12.0 Å². The lowest BCUT2D eigenvalue weighted by Gasteiger charge is -2.17. The van der Waals surface area contributed by atoms with Crippen molar-refractivity contribution in [2.24, 2.45) is 0 Å². The van der Waals surface area contributed by atoms with E-state index < -0.39 is 27.8 Å². The molecule has 1 heterocycles. The van der Waals surface area contributed by atoms with Crippen LogP contribution in [0.25, 0.3) is 11.1 Å². The number of hydrogen-bond acceptors (Lipinski definition) is 6.